The molecule has 0 saturated carbocycles. The van der Waals surface area contributed by atoms with Crippen LogP contribution in [0.5, 0.6) is 0 Å². The number of rotatable bonds is 4. The van der Waals surface area contributed by atoms with Gasteiger partial charge in [0.2, 0.25) is 5.91 Å². The summed E-state index contributed by atoms with van der Waals surface area (Å²) in [6, 6.07) is 11.9. The van der Waals surface area contributed by atoms with Crippen molar-refractivity contribution in [3.63, 3.8) is 0 Å². The molecule has 1 aromatic heterocycles. The molecular formula is C17H13N5O3S. The lowest BCUT2D eigenvalue weighted by Gasteiger charge is -2.30. The molecule has 1 fully saturated rings. The zero-order chi connectivity index (χ0) is 18.5. The van der Waals surface area contributed by atoms with Crippen LogP contribution in [0.4, 0.5) is 5.69 Å². The van der Waals surface area contributed by atoms with Crippen molar-refractivity contribution in [3.05, 3.63) is 60.4 Å². The van der Waals surface area contributed by atoms with E-state index < -0.39 is 23.6 Å². The summed E-state index contributed by atoms with van der Waals surface area (Å²) in [6.07, 6.45) is 3.98. The Hall–Kier alpha value is -3.46. The average molecular weight is 367 g/mol. The van der Waals surface area contributed by atoms with Gasteiger partial charge in [-0.05, 0) is 36.5 Å². The molecule has 1 unspecified atom stereocenters. The zero-order valence-corrected chi connectivity index (χ0v) is 14.1. The van der Waals surface area contributed by atoms with Crippen LogP contribution in [0.3, 0.4) is 0 Å². The molecule has 9 heteroatoms. The van der Waals surface area contributed by atoms with Gasteiger partial charge in [0, 0.05) is 18.6 Å². The Morgan fingerprint density at radius 3 is 2.69 bits per heavy atom. The van der Waals surface area contributed by atoms with E-state index in [-0.39, 0.29) is 5.11 Å². The number of amides is 3. The number of anilines is 1. The maximum absolute atomic E-state index is 12.7. The van der Waals surface area contributed by atoms with E-state index in [9.17, 15) is 14.4 Å². The number of thiocarbonyl (C=S) groups is 1. The Bertz CT molecular complexity index is 886. The molecule has 1 atom stereocenters. The van der Waals surface area contributed by atoms with Crippen molar-refractivity contribution in [1.29, 1.82) is 0 Å². The minimum absolute atomic E-state index is 0.00440. The molecule has 2 N–H and O–H groups in total. The number of carbonyl (C=O) groups is 3. The number of nitrogens with zero attached hydrogens (tertiary/aromatic N) is 3. The number of nitrogens with one attached hydrogen (secondary N) is 2. The summed E-state index contributed by atoms with van der Waals surface area (Å²) in [5, 5.41) is 6.18. The molecule has 3 amide bonds. The molecule has 2 aromatic rings. The van der Waals surface area contributed by atoms with Gasteiger partial charge in [-0.3, -0.25) is 24.3 Å². The monoisotopic (exact) mass is 367 g/mol. The number of carbonyl (C=O) groups excluding carboxylic acids is 3. The fourth-order valence-corrected chi connectivity index (χ4v) is 2.57. The molecular weight excluding hydrogens is 354 g/mol. The Morgan fingerprint density at radius 1 is 1.23 bits per heavy atom. The van der Waals surface area contributed by atoms with Crippen LogP contribution >= 0.6 is 12.2 Å². The summed E-state index contributed by atoms with van der Waals surface area (Å²) >= 11 is 5.09. The third-order valence-corrected chi connectivity index (χ3v) is 3.81. The highest BCUT2D eigenvalue weighted by atomic mass is 32.1. The van der Waals surface area contributed by atoms with Crippen LogP contribution in [0.15, 0.2) is 60.0 Å². The van der Waals surface area contributed by atoms with Crippen LogP contribution < -0.4 is 15.6 Å². The summed E-state index contributed by atoms with van der Waals surface area (Å²) in [4.78, 5) is 41.7. The van der Waals surface area contributed by atoms with E-state index in [4.69, 9.17) is 12.2 Å². The highest BCUT2D eigenvalue weighted by Gasteiger charge is 2.38. The van der Waals surface area contributed by atoms with Gasteiger partial charge in [-0.2, -0.15) is 5.10 Å². The predicted octanol–water partition coefficient (Wildman–Crippen LogP) is 0.861. The van der Waals surface area contributed by atoms with E-state index in [1.807, 2.05) is 0 Å². The molecule has 1 aliphatic heterocycles. The number of pyridine rings is 1. The van der Waals surface area contributed by atoms with Gasteiger partial charge in [-0.1, -0.05) is 18.2 Å². The van der Waals surface area contributed by atoms with Crippen LogP contribution in [0.1, 0.15) is 10.4 Å². The molecule has 1 aromatic carbocycles. The summed E-state index contributed by atoms with van der Waals surface area (Å²) in [6.45, 7) is 0. The number of hydrogen-bond acceptors (Lipinski definition) is 6. The van der Waals surface area contributed by atoms with Crippen LogP contribution in [0.25, 0.3) is 0 Å². The number of para-hydroxylation sites is 1. The van der Waals surface area contributed by atoms with Crippen molar-refractivity contribution in [2.75, 3.05) is 4.90 Å². The Labute approximate surface area is 153 Å². The molecule has 3 rings (SSSR count). The van der Waals surface area contributed by atoms with Crippen molar-refractivity contribution in [1.82, 2.24) is 15.7 Å². The molecule has 1 aliphatic rings. The molecule has 26 heavy (non-hydrogen) atoms. The van der Waals surface area contributed by atoms with E-state index in [0.29, 0.717) is 11.3 Å². The van der Waals surface area contributed by atoms with E-state index in [0.717, 1.165) is 6.21 Å². The van der Waals surface area contributed by atoms with E-state index in [1.54, 1.807) is 42.5 Å². The molecule has 2 heterocycles. The third kappa shape index (κ3) is 3.62. The molecule has 0 spiro atoms. The molecule has 0 radical (unpaired) electrons. The second-order valence-corrected chi connectivity index (χ2v) is 5.63. The van der Waals surface area contributed by atoms with Crippen molar-refractivity contribution in [2.24, 2.45) is 11.0 Å². The lowest BCUT2D eigenvalue weighted by Crippen LogP contribution is -2.58. The first-order valence-corrected chi connectivity index (χ1v) is 7.96. The van der Waals surface area contributed by atoms with Crippen LogP contribution in [0, 0.1) is 5.92 Å². The van der Waals surface area contributed by atoms with Gasteiger partial charge in [0.05, 0.1) is 11.3 Å². The molecule has 1 saturated heterocycles. The third-order valence-electron chi connectivity index (χ3n) is 3.53. The van der Waals surface area contributed by atoms with Crippen LogP contribution in [-0.2, 0) is 9.59 Å². The Morgan fingerprint density at radius 2 is 2.00 bits per heavy atom. The smallest absolute Gasteiger partial charge is 0.272 e. The van der Waals surface area contributed by atoms with Gasteiger partial charge in [-0.15, -0.1) is 0 Å². The van der Waals surface area contributed by atoms with Crippen molar-refractivity contribution in [2.45, 2.75) is 0 Å². The van der Waals surface area contributed by atoms with Gasteiger partial charge in [0.1, 0.15) is 0 Å². The maximum atomic E-state index is 12.7. The second kappa shape index (κ2) is 7.62. The van der Waals surface area contributed by atoms with Crippen LogP contribution in [-0.4, -0.2) is 34.0 Å². The first kappa shape index (κ1) is 17.4. The summed E-state index contributed by atoms with van der Waals surface area (Å²) in [5.74, 6) is -2.87. The van der Waals surface area contributed by atoms with Gasteiger partial charge < -0.3 is 5.32 Å². The first-order chi connectivity index (χ1) is 12.6. The summed E-state index contributed by atoms with van der Waals surface area (Å²) in [5.41, 5.74) is 3.09. The number of benzene rings is 1. The van der Waals surface area contributed by atoms with E-state index >= 15 is 0 Å². The Balaban J connectivity index is 1.74. The van der Waals surface area contributed by atoms with Crippen molar-refractivity contribution >= 4 is 47.0 Å². The lowest BCUT2D eigenvalue weighted by atomic mass is 10.1. The fraction of sp³-hybridized carbons (Fsp3) is 0.0588. The van der Waals surface area contributed by atoms with E-state index in [1.165, 1.54) is 17.3 Å². The normalized spacial score (nSPS) is 17.3. The SMILES string of the molecule is O=C(NN=CC1C(=O)NC(=S)N(c2ccccc2)C1=O)c1cccnc1. The zero-order valence-electron chi connectivity index (χ0n) is 13.3. The summed E-state index contributed by atoms with van der Waals surface area (Å²) < 4.78 is 0. The molecule has 0 aliphatic carbocycles. The minimum Gasteiger partial charge on any atom is -0.301 e. The van der Waals surface area contributed by atoms with Gasteiger partial charge >= 0.3 is 0 Å². The highest BCUT2D eigenvalue weighted by molar-refractivity contribution is 7.80. The van der Waals surface area contributed by atoms with Gasteiger partial charge in [0.15, 0.2) is 11.0 Å². The van der Waals surface area contributed by atoms with Crippen molar-refractivity contribution < 1.29 is 14.4 Å². The standard InChI is InChI=1S/C17H13N5O3S/c23-14(11-5-4-8-18-9-11)21-19-10-13-15(24)20-17(26)22(16(13)25)12-6-2-1-3-7-12/h1-10,13H,(H,21,23)(H,20,24,26). The topological polar surface area (TPSA) is 104 Å². The summed E-state index contributed by atoms with van der Waals surface area (Å²) in [7, 11) is 0. The second-order valence-electron chi connectivity index (χ2n) is 5.24. The number of hydrazone groups is 1. The largest absolute Gasteiger partial charge is 0.301 e. The molecule has 130 valence electrons. The Kier molecular flexibility index (Phi) is 5.09. The van der Waals surface area contributed by atoms with Gasteiger partial charge in [-0.25, -0.2) is 5.43 Å². The molecule has 0 bridgehead atoms. The predicted molar refractivity (Wildman–Crippen MR) is 98.4 cm³/mol. The van der Waals surface area contributed by atoms with Crippen LogP contribution in [0.2, 0.25) is 0 Å². The van der Waals surface area contributed by atoms with Crippen molar-refractivity contribution in [3.8, 4) is 0 Å². The maximum Gasteiger partial charge on any atom is 0.272 e. The highest BCUT2D eigenvalue weighted by Crippen LogP contribution is 2.19. The first-order valence-electron chi connectivity index (χ1n) is 7.55. The average Bonchev–Trinajstić information content (AvgIpc) is 2.65. The minimum atomic E-state index is -1.21. The fourth-order valence-electron chi connectivity index (χ4n) is 2.28. The number of hydrogen-bond donors (Lipinski definition) is 2. The number of aromatic nitrogens is 1. The lowest BCUT2D eigenvalue weighted by molar-refractivity contribution is -0.130. The molecule has 8 nitrogen and oxygen atoms in total. The van der Waals surface area contributed by atoms with E-state index in [2.05, 4.69) is 20.8 Å². The van der Waals surface area contributed by atoms with Gasteiger partial charge in [0.25, 0.3) is 11.8 Å². The quantitative estimate of drug-likeness (QED) is 0.361.